The minimum atomic E-state index is -0.316. The number of hydrogen-bond donors (Lipinski definition) is 2. The number of ether oxygens (including phenoxy) is 1. The molecule has 142 valence electrons. The maximum absolute atomic E-state index is 12.6. The summed E-state index contributed by atoms with van der Waals surface area (Å²) in [7, 11) is 1.53. The van der Waals surface area contributed by atoms with Crippen LogP contribution in [0.15, 0.2) is 48.5 Å². The summed E-state index contributed by atoms with van der Waals surface area (Å²) in [5, 5.41) is 5.72. The van der Waals surface area contributed by atoms with E-state index in [-0.39, 0.29) is 24.4 Å². The molecule has 0 radical (unpaired) electrons. The minimum Gasteiger partial charge on any atom is -0.496 e. The second-order valence-corrected chi connectivity index (χ2v) is 6.87. The van der Waals surface area contributed by atoms with Gasteiger partial charge in [0.1, 0.15) is 5.75 Å². The zero-order valence-electron chi connectivity index (χ0n) is 15.7. The minimum absolute atomic E-state index is 0.0337. The summed E-state index contributed by atoms with van der Waals surface area (Å²) in [6.45, 7) is -0.0337. The first-order valence-corrected chi connectivity index (χ1v) is 9.48. The summed E-state index contributed by atoms with van der Waals surface area (Å²) in [6.07, 6.45) is 5.58. The van der Waals surface area contributed by atoms with Crippen LogP contribution in [0.25, 0.3) is 11.1 Å². The van der Waals surface area contributed by atoms with Crippen molar-refractivity contribution in [1.29, 1.82) is 0 Å². The Balaban J connectivity index is 1.65. The lowest BCUT2D eigenvalue weighted by Gasteiger charge is -2.22. The lowest BCUT2D eigenvalue weighted by Crippen LogP contribution is -2.42. The van der Waals surface area contributed by atoms with Gasteiger partial charge in [0.15, 0.2) is 0 Å². The number of benzene rings is 2. The second-order valence-electron chi connectivity index (χ2n) is 6.87. The van der Waals surface area contributed by atoms with Gasteiger partial charge in [-0.15, -0.1) is 0 Å². The largest absolute Gasteiger partial charge is 0.496 e. The van der Waals surface area contributed by atoms with Gasteiger partial charge in [-0.05, 0) is 36.1 Å². The average Bonchev–Trinajstić information content (AvgIpc) is 2.73. The summed E-state index contributed by atoms with van der Waals surface area (Å²) < 4.78 is 5.32. The Hall–Kier alpha value is -2.82. The van der Waals surface area contributed by atoms with Crippen molar-refractivity contribution in [3.8, 4) is 16.9 Å². The molecule has 27 heavy (non-hydrogen) atoms. The van der Waals surface area contributed by atoms with E-state index < -0.39 is 0 Å². The van der Waals surface area contributed by atoms with Gasteiger partial charge in [0.05, 0.1) is 19.2 Å². The molecule has 5 nitrogen and oxygen atoms in total. The highest BCUT2D eigenvalue weighted by Gasteiger charge is 2.18. The number of rotatable bonds is 6. The Bertz CT molecular complexity index is 783. The van der Waals surface area contributed by atoms with Crippen molar-refractivity contribution in [1.82, 2.24) is 10.6 Å². The van der Waals surface area contributed by atoms with Crippen LogP contribution in [0.4, 0.5) is 0 Å². The van der Waals surface area contributed by atoms with Crippen LogP contribution in [0.3, 0.4) is 0 Å². The molecule has 0 heterocycles. The van der Waals surface area contributed by atoms with Crippen LogP contribution in [-0.2, 0) is 4.79 Å². The topological polar surface area (TPSA) is 67.4 Å². The fourth-order valence-corrected chi connectivity index (χ4v) is 3.48. The molecule has 0 aromatic heterocycles. The average molecular weight is 366 g/mol. The fourth-order valence-electron chi connectivity index (χ4n) is 3.48. The number of hydrogen-bond acceptors (Lipinski definition) is 3. The van der Waals surface area contributed by atoms with Crippen LogP contribution in [0.1, 0.15) is 42.5 Å². The molecule has 0 spiro atoms. The molecule has 1 saturated carbocycles. The smallest absolute Gasteiger partial charge is 0.255 e. The van der Waals surface area contributed by atoms with E-state index >= 15 is 0 Å². The molecule has 5 heteroatoms. The highest BCUT2D eigenvalue weighted by atomic mass is 16.5. The van der Waals surface area contributed by atoms with Gasteiger partial charge < -0.3 is 15.4 Å². The Morgan fingerprint density at radius 2 is 1.74 bits per heavy atom. The number of nitrogens with one attached hydrogen (secondary N) is 2. The van der Waals surface area contributed by atoms with E-state index in [0.29, 0.717) is 11.3 Å². The van der Waals surface area contributed by atoms with Crippen molar-refractivity contribution in [3.63, 3.8) is 0 Å². The molecule has 0 atom stereocenters. The normalized spacial score (nSPS) is 14.4. The Morgan fingerprint density at radius 3 is 2.44 bits per heavy atom. The summed E-state index contributed by atoms with van der Waals surface area (Å²) in [6, 6.07) is 15.6. The van der Waals surface area contributed by atoms with Crippen molar-refractivity contribution in [2.24, 2.45) is 0 Å². The van der Waals surface area contributed by atoms with E-state index in [1.807, 2.05) is 36.4 Å². The predicted molar refractivity (Wildman–Crippen MR) is 106 cm³/mol. The highest BCUT2D eigenvalue weighted by molar-refractivity contribution is 6.00. The van der Waals surface area contributed by atoms with Crippen LogP contribution >= 0.6 is 0 Å². The van der Waals surface area contributed by atoms with Crippen molar-refractivity contribution < 1.29 is 14.3 Å². The van der Waals surface area contributed by atoms with E-state index in [1.165, 1.54) is 13.5 Å². The van der Waals surface area contributed by atoms with Crippen LogP contribution in [0.5, 0.6) is 5.75 Å². The van der Waals surface area contributed by atoms with Gasteiger partial charge in [0.2, 0.25) is 5.91 Å². The van der Waals surface area contributed by atoms with Crippen molar-refractivity contribution in [3.05, 3.63) is 54.1 Å². The van der Waals surface area contributed by atoms with Gasteiger partial charge in [-0.25, -0.2) is 0 Å². The molecule has 0 unspecified atom stereocenters. The Morgan fingerprint density at radius 1 is 1.00 bits per heavy atom. The van der Waals surface area contributed by atoms with Gasteiger partial charge in [0.25, 0.3) is 5.91 Å². The van der Waals surface area contributed by atoms with E-state index in [1.54, 1.807) is 12.1 Å². The first-order valence-electron chi connectivity index (χ1n) is 9.48. The zero-order chi connectivity index (χ0) is 19.1. The van der Waals surface area contributed by atoms with Gasteiger partial charge in [-0.2, -0.15) is 0 Å². The zero-order valence-corrected chi connectivity index (χ0v) is 15.7. The van der Waals surface area contributed by atoms with Crippen molar-refractivity contribution in [2.75, 3.05) is 13.7 Å². The summed E-state index contributed by atoms with van der Waals surface area (Å²) in [5.74, 6) is 0.0247. The first kappa shape index (κ1) is 19.0. The maximum Gasteiger partial charge on any atom is 0.255 e. The fraction of sp³-hybridized carbons (Fsp3) is 0.364. The number of amides is 2. The Kier molecular flexibility index (Phi) is 6.47. The molecule has 0 saturated heterocycles. The molecular weight excluding hydrogens is 340 g/mol. The summed E-state index contributed by atoms with van der Waals surface area (Å²) in [5.41, 5.74) is 2.36. The van der Waals surface area contributed by atoms with Gasteiger partial charge >= 0.3 is 0 Å². The molecular formula is C22H26N2O3. The molecule has 2 amide bonds. The molecule has 1 fully saturated rings. The molecule has 0 bridgehead atoms. The molecule has 3 rings (SSSR count). The van der Waals surface area contributed by atoms with E-state index in [0.717, 1.165) is 36.8 Å². The third kappa shape index (κ3) is 5.09. The quantitative estimate of drug-likeness (QED) is 0.822. The van der Waals surface area contributed by atoms with Gasteiger partial charge in [0, 0.05) is 6.04 Å². The van der Waals surface area contributed by atoms with Crippen molar-refractivity contribution >= 4 is 11.8 Å². The molecule has 1 aliphatic rings. The second kappa shape index (κ2) is 9.21. The number of carbonyl (C=O) groups excluding carboxylic acids is 2. The SMILES string of the molecule is COc1ccc(-c2ccccc2)cc1C(=O)NCC(=O)NC1CCCCC1. The van der Waals surface area contributed by atoms with Crippen LogP contribution in [-0.4, -0.2) is 31.5 Å². The standard InChI is InChI=1S/C22H26N2O3/c1-27-20-13-12-17(16-8-4-2-5-9-16)14-19(20)22(26)23-15-21(25)24-18-10-6-3-7-11-18/h2,4-5,8-9,12-14,18H,3,6-7,10-11,15H2,1H3,(H,23,26)(H,24,25). The monoisotopic (exact) mass is 366 g/mol. The molecule has 1 aliphatic carbocycles. The van der Waals surface area contributed by atoms with Crippen LogP contribution < -0.4 is 15.4 Å². The van der Waals surface area contributed by atoms with Crippen LogP contribution in [0, 0.1) is 0 Å². The lowest BCUT2D eigenvalue weighted by atomic mass is 9.95. The highest BCUT2D eigenvalue weighted by Crippen LogP contribution is 2.26. The first-order chi connectivity index (χ1) is 13.2. The van der Waals surface area contributed by atoms with E-state index in [9.17, 15) is 9.59 Å². The molecule has 0 aliphatic heterocycles. The third-order valence-corrected chi connectivity index (χ3v) is 4.93. The Labute approximate surface area is 160 Å². The summed E-state index contributed by atoms with van der Waals surface area (Å²) in [4.78, 5) is 24.8. The number of carbonyl (C=O) groups is 2. The summed E-state index contributed by atoms with van der Waals surface area (Å²) >= 11 is 0. The molecule has 2 aromatic carbocycles. The van der Waals surface area contributed by atoms with Crippen molar-refractivity contribution in [2.45, 2.75) is 38.1 Å². The predicted octanol–water partition coefficient (Wildman–Crippen LogP) is 3.54. The van der Waals surface area contributed by atoms with E-state index in [2.05, 4.69) is 10.6 Å². The number of methoxy groups -OCH3 is 1. The lowest BCUT2D eigenvalue weighted by molar-refractivity contribution is -0.121. The third-order valence-electron chi connectivity index (χ3n) is 4.93. The van der Waals surface area contributed by atoms with Gasteiger partial charge in [-0.1, -0.05) is 55.7 Å². The van der Waals surface area contributed by atoms with Crippen LogP contribution in [0.2, 0.25) is 0 Å². The molecule has 2 N–H and O–H groups in total. The molecule has 2 aromatic rings. The maximum atomic E-state index is 12.6. The van der Waals surface area contributed by atoms with Gasteiger partial charge in [-0.3, -0.25) is 9.59 Å². The van der Waals surface area contributed by atoms with E-state index in [4.69, 9.17) is 4.74 Å².